The van der Waals surface area contributed by atoms with Crippen LogP contribution in [0.1, 0.15) is 16.1 Å². The van der Waals surface area contributed by atoms with Gasteiger partial charge in [0.15, 0.2) is 23.0 Å². The summed E-state index contributed by atoms with van der Waals surface area (Å²) in [5, 5.41) is 6.34. The van der Waals surface area contributed by atoms with Gasteiger partial charge in [0.2, 0.25) is 5.88 Å². The fraction of sp³-hybridized carbons (Fsp3) is 0.0556. The molecule has 3 aromatic heterocycles. The van der Waals surface area contributed by atoms with E-state index in [1.165, 1.54) is 24.5 Å². The van der Waals surface area contributed by atoms with Gasteiger partial charge in [-0.3, -0.25) is 9.78 Å². The summed E-state index contributed by atoms with van der Waals surface area (Å²) < 4.78 is 22.7. The Bertz CT molecular complexity index is 1200. The van der Waals surface area contributed by atoms with E-state index in [4.69, 9.17) is 3.07 Å². The van der Waals surface area contributed by atoms with E-state index in [-0.39, 0.29) is 5.91 Å². The number of amides is 1. The summed E-state index contributed by atoms with van der Waals surface area (Å²) in [5.41, 5.74) is 2.44. The second-order valence-corrected chi connectivity index (χ2v) is 7.12. The molecule has 0 aliphatic rings. The molecule has 1 amide bonds. The largest absolute Gasteiger partial charge is 0.408 e. The minimum Gasteiger partial charge on any atom is -0.408 e. The molecule has 146 valence electrons. The number of nitrogens with one attached hydrogen (secondary N) is 2. The zero-order chi connectivity index (χ0) is 20.4. The van der Waals surface area contributed by atoms with Crippen LogP contribution in [0.4, 0.5) is 20.9 Å². The van der Waals surface area contributed by atoms with Crippen molar-refractivity contribution in [3.05, 3.63) is 59.8 Å². The number of hydrogen-bond acceptors (Lipinski definition) is 8. The third kappa shape index (κ3) is 4.24. The Morgan fingerprint density at radius 3 is 2.79 bits per heavy atom. The highest BCUT2D eigenvalue weighted by atomic mass is 127. The van der Waals surface area contributed by atoms with Crippen molar-refractivity contribution in [3.63, 3.8) is 0 Å². The minimum atomic E-state index is -0.398. The molecule has 0 aliphatic carbocycles. The molecule has 1 aromatic carbocycles. The van der Waals surface area contributed by atoms with Gasteiger partial charge in [-0.05, 0) is 36.7 Å². The van der Waals surface area contributed by atoms with E-state index in [1.54, 1.807) is 48.1 Å². The highest BCUT2D eigenvalue weighted by molar-refractivity contribution is 14.1. The first kappa shape index (κ1) is 19.4. The molecular weight excluding hydrogens is 510 g/mol. The SMILES string of the molecule is Cc1nsc(Nc2cnc3ccc(F)cc3n2)c1C(=O)Nc1ccc(OI)nc1. The Kier molecular flexibility index (Phi) is 5.49. The number of aryl methyl sites for hydroxylation is 1. The Morgan fingerprint density at radius 1 is 1.17 bits per heavy atom. The van der Waals surface area contributed by atoms with Gasteiger partial charge in [0.05, 0.1) is 40.4 Å². The topological polar surface area (TPSA) is 102 Å². The molecule has 0 fully saturated rings. The van der Waals surface area contributed by atoms with Crippen LogP contribution in [0.15, 0.2) is 42.7 Å². The van der Waals surface area contributed by atoms with Crippen molar-refractivity contribution in [2.24, 2.45) is 0 Å². The molecule has 3 heterocycles. The Hall–Kier alpha value is -2.93. The third-order valence-electron chi connectivity index (χ3n) is 3.91. The summed E-state index contributed by atoms with van der Waals surface area (Å²) in [6, 6.07) is 7.51. The number of halogens is 2. The fourth-order valence-corrected chi connectivity index (χ4v) is 3.64. The quantitative estimate of drug-likeness (QED) is 0.368. The molecule has 4 aromatic rings. The maximum absolute atomic E-state index is 13.5. The highest BCUT2D eigenvalue weighted by Crippen LogP contribution is 2.29. The molecule has 29 heavy (non-hydrogen) atoms. The van der Waals surface area contributed by atoms with Gasteiger partial charge in [-0.15, -0.1) is 0 Å². The zero-order valence-electron chi connectivity index (χ0n) is 14.8. The smallest absolute Gasteiger partial charge is 0.260 e. The van der Waals surface area contributed by atoms with Crippen molar-refractivity contribution < 1.29 is 12.3 Å². The average molecular weight is 522 g/mol. The van der Waals surface area contributed by atoms with Crippen molar-refractivity contribution in [1.82, 2.24) is 19.3 Å². The van der Waals surface area contributed by atoms with E-state index in [0.29, 0.717) is 44.7 Å². The van der Waals surface area contributed by atoms with E-state index in [1.807, 2.05) is 0 Å². The molecule has 0 unspecified atom stereocenters. The monoisotopic (exact) mass is 522 g/mol. The van der Waals surface area contributed by atoms with Gasteiger partial charge in [0.25, 0.3) is 5.91 Å². The number of rotatable bonds is 5. The first-order valence-corrected chi connectivity index (χ1v) is 9.90. The van der Waals surface area contributed by atoms with Crippen LogP contribution in [0.2, 0.25) is 0 Å². The van der Waals surface area contributed by atoms with Crippen LogP contribution in [-0.4, -0.2) is 25.2 Å². The van der Waals surface area contributed by atoms with Gasteiger partial charge in [0, 0.05) is 12.1 Å². The number of hydrogen-bond donors (Lipinski definition) is 2. The maximum atomic E-state index is 13.5. The van der Waals surface area contributed by atoms with E-state index < -0.39 is 5.82 Å². The lowest BCUT2D eigenvalue weighted by Gasteiger charge is -2.08. The Balaban J connectivity index is 1.58. The van der Waals surface area contributed by atoms with Crippen LogP contribution in [0.3, 0.4) is 0 Å². The summed E-state index contributed by atoms with van der Waals surface area (Å²) in [6.07, 6.45) is 3.02. The lowest BCUT2D eigenvalue weighted by atomic mass is 10.2. The summed E-state index contributed by atoms with van der Waals surface area (Å²) in [5.74, 6) is 0.0744. The molecule has 8 nitrogen and oxygen atoms in total. The molecule has 0 atom stereocenters. The molecule has 0 saturated carbocycles. The van der Waals surface area contributed by atoms with Crippen molar-refractivity contribution in [1.29, 1.82) is 0 Å². The number of aromatic nitrogens is 4. The number of fused-ring (bicyclic) bond motifs is 1. The van der Waals surface area contributed by atoms with Crippen molar-refractivity contribution >= 4 is 68.0 Å². The molecular formula is C18H12FIN6O2S. The molecule has 0 aliphatic heterocycles. The molecule has 0 radical (unpaired) electrons. The second kappa shape index (κ2) is 8.21. The number of benzene rings is 1. The molecule has 0 saturated heterocycles. The van der Waals surface area contributed by atoms with Crippen LogP contribution in [-0.2, 0) is 0 Å². The van der Waals surface area contributed by atoms with Gasteiger partial charge >= 0.3 is 0 Å². The Morgan fingerprint density at radius 2 is 2.03 bits per heavy atom. The molecule has 2 N–H and O–H groups in total. The molecule has 0 spiro atoms. The standard InChI is InChI=1S/C18H12FIN6O2S/c1-9-16(17(27)23-11-3-5-15(28-20)22-7-11)18(29-26-9)25-14-8-21-12-4-2-10(19)6-13(12)24-14/h2-8H,1H3,(H,23,27)(H,24,25). The first-order valence-electron chi connectivity index (χ1n) is 8.25. The number of carbonyl (C=O) groups is 1. The minimum absolute atomic E-state index is 0.344. The Labute approximate surface area is 182 Å². The fourth-order valence-electron chi connectivity index (χ4n) is 2.58. The normalized spacial score (nSPS) is 10.7. The molecule has 0 bridgehead atoms. The number of nitrogens with zero attached hydrogens (tertiary/aromatic N) is 4. The van der Waals surface area contributed by atoms with E-state index >= 15 is 0 Å². The summed E-state index contributed by atoms with van der Waals surface area (Å²) in [6.45, 7) is 1.74. The lowest BCUT2D eigenvalue weighted by molar-refractivity contribution is 0.102. The van der Waals surface area contributed by atoms with E-state index in [2.05, 4.69) is 30.0 Å². The van der Waals surface area contributed by atoms with Crippen LogP contribution in [0.25, 0.3) is 11.0 Å². The molecule has 11 heteroatoms. The predicted octanol–water partition coefficient (Wildman–Crippen LogP) is 4.65. The van der Waals surface area contributed by atoms with Crippen molar-refractivity contribution in [2.45, 2.75) is 6.92 Å². The van der Waals surface area contributed by atoms with Crippen LogP contribution < -0.4 is 13.7 Å². The lowest BCUT2D eigenvalue weighted by Crippen LogP contribution is -2.14. The summed E-state index contributed by atoms with van der Waals surface area (Å²) >= 11 is 2.85. The number of anilines is 3. The van der Waals surface area contributed by atoms with Crippen LogP contribution in [0, 0.1) is 12.7 Å². The van der Waals surface area contributed by atoms with Gasteiger partial charge in [-0.25, -0.2) is 14.4 Å². The van der Waals surface area contributed by atoms with Crippen LogP contribution >= 0.6 is 34.5 Å². The second-order valence-electron chi connectivity index (χ2n) is 5.90. The van der Waals surface area contributed by atoms with Crippen LogP contribution in [0.5, 0.6) is 5.88 Å². The van der Waals surface area contributed by atoms with Crippen molar-refractivity contribution in [2.75, 3.05) is 10.6 Å². The average Bonchev–Trinajstić information content (AvgIpc) is 3.08. The predicted molar refractivity (Wildman–Crippen MR) is 116 cm³/mol. The molecule has 4 rings (SSSR count). The number of carbonyl (C=O) groups excluding carboxylic acids is 1. The van der Waals surface area contributed by atoms with E-state index in [9.17, 15) is 9.18 Å². The first-order chi connectivity index (χ1) is 14.0. The highest BCUT2D eigenvalue weighted by Gasteiger charge is 2.19. The van der Waals surface area contributed by atoms with Gasteiger partial charge < -0.3 is 13.7 Å². The van der Waals surface area contributed by atoms with Gasteiger partial charge in [0.1, 0.15) is 16.6 Å². The van der Waals surface area contributed by atoms with Gasteiger partial charge in [-0.2, -0.15) is 4.37 Å². The maximum Gasteiger partial charge on any atom is 0.260 e. The zero-order valence-corrected chi connectivity index (χ0v) is 17.8. The van der Waals surface area contributed by atoms with E-state index in [0.717, 1.165) is 11.5 Å². The third-order valence-corrected chi connectivity index (χ3v) is 5.21. The van der Waals surface area contributed by atoms with Crippen molar-refractivity contribution in [3.8, 4) is 5.88 Å². The van der Waals surface area contributed by atoms with Gasteiger partial charge in [-0.1, -0.05) is 0 Å². The number of pyridine rings is 1. The summed E-state index contributed by atoms with van der Waals surface area (Å²) in [4.78, 5) is 25.5. The summed E-state index contributed by atoms with van der Waals surface area (Å²) in [7, 11) is 0.